The van der Waals surface area contributed by atoms with Crippen molar-refractivity contribution >= 4 is 23.4 Å². The molecule has 0 bridgehead atoms. The van der Waals surface area contributed by atoms with Gasteiger partial charge in [0.15, 0.2) is 0 Å². The number of hydrogen-bond donors (Lipinski definition) is 2. The molecule has 158 valence electrons. The predicted molar refractivity (Wildman–Crippen MR) is 114 cm³/mol. The predicted octanol–water partition coefficient (Wildman–Crippen LogP) is 3.21. The standard InChI is InChI=1S/C23H27N3O4/c1-14(2)12-26-13-17-10-19(27)16(11-20(24)28)9-18(17)21(15-7-5-4-6-8-15)22(26)25(3)23(29)30/h4-9,13-14,16H,10-12H2,1-3H3,(H2,24,28)(H,29,30). The summed E-state index contributed by atoms with van der Waals surface area (Å²) in [5.74, 6) is -0.409. The van der Waals surface area contributed by atoms with E-state index in [0.717, 1.165) is 22.3 Å². The Bertz CT molecular complexity index is 960. The van der Waals surface area contributed by atoms with Gasteiger partial charge in [-0.3, -0.25) is 14.5 Å². The van der Waals surface area contributed by atoms with Gasteiger partial charge in [-0.25, -0.2) is 4.79 Å². The number of allylic oxidation sites excluding steroid dienone is 4. The molecule has 0 radical (unpaired) electrons. The maximum Gasteiger partial charge on any atom is 0.412 e. The minimum Gasteiger partial charge on any atom is -0.465 e. The lowest BCUT2D eigenvalue weighted by Crippen LogP contribution is -2.39. The summed E-state index contributed by atoms with van der Waals surface area (Å²) in [6.07, 6.45) is 2.68. The summed E-state index contributed by atoms with van der Waals surface area (Å²) in [4.78, 5) is 39.2. The lowest BCUT2D eigenvalue weighted by atomic mass is 9.78. The van der Waals surface area contributed by atoms with E-state index in [1.54, 1.807) is 6.08 Å². The van der Waals surface area contributed by atoms with E-state index in [-0.39, 0.29) is 24.5 Å². The lowest BCUT2D eigenvalue weighted by Gasteiger charge is -2.39. The smallest absolute Gasteiger partial charge is 0.412 e. The third-order valence-electron chi connectivity index (χ3n) is 5.22. The highest BCUT2D eigenvalue weighted by molar-refractivity contribution is 5.98. The minimum atomic E-state index is -1.08. The van der Waals surface area contributed by atoms with Crippen LogP contribution in [0.5, 0.6) is 0 Å². The van der Waals surface area contributed by atoms with Crippen molar-refractivity contribution in [1.82, 2.24) is 9.80 Å². The normalized spacial score (nSPS) is 18.7. The van der Waals surface area contributed by atoms with Gasteiger partial charge in [-0.1, -0.05) is 50.3 Å². The summed E-state index contributed by atoms with van der Waals surface area (Å²) in [5, 5.41) is 9.77. The molecule has 0 saturated heterocycles. The Kier molecular flexibility index (Phi) is 6.10. The van der Waals surface area contributed by atoms with Gasteiger partial charge in [0, 0.05) is 44.1 Å². The second kappa shape index (κ2) is 8.57. The van der Waals surface area contributed by atoms with E-state index in [4.69, 9.17) is 5.73 Å². The van der Waals surface area contributed by atoms with Crippen LogP contribution in [-0.2, 0) is 9.59 Å². The van der Waals surface area contributed by atoms with Crippen LogP contribution in [-0.4, -0.2) is 46.3 Å². The molecule has 1 aromatic rings. The highest BCUT2D eigenvalue weighted by atomic mass is 16.4. The Balaban J connectivity index is 2.27. The van der Waals surface area contributed by atoms with E-state index in [9.17, 15) is 19.5 Å². The number of ketones is 1. The second-order valence-electron chi connectivity index (χ2n) is 8.11. The second-order valence-corrected chi connectivity index (χ2v) is 8.11. The van der Waals surface area contributed by atoms with Crippen molar-refractivity contribution in [2.75, 3.05) is 13.6 Å². The van der Waals surface area contributed by atoms with Crippen LogP contribution in [0.4, 0.5) is 4.79 Å². The summed E-state index contributed by atoms with van der Waals surface area (Å²) in [6.45, 7) is 4.71. The fraction of sp³-hybridized carbons (Fsp3) is 0.348. The van der Waals surface area contributed by atoms with Crippen molar-refractivity contribution in [3.63, 3.8) is 0 Å². The Morgan fingerprint density at radius 1 is 1.27 bits per heavy atom. The Morgan fingerprint density at radius 3 is 2.50 bits per heavy atom. The number of carbonyl (C=O) groups is 3. The van der Waals surface area contributed by atoms with E-state index >= 15 is 0 Å². The average Bonchev–Trinajstić information content (AvgIpc) is 2.67. The monoisotopic (exact) mass is 409 g/mol. The third kappa shape index (κ3) is 4.30. The first-order chi connectivity index (χ1) is 14.2. The van der Waals surface area contributed by atoms with Crippen molar-refractivity contribution in [1.29, 1.82) is 0 Å². The van der Waals surface area contributed by atoms with Gasteiger partial charge in [0.05, 0.1) is 0 Å². The van der Waals surface area contributed by atoms with Gasteiger partial charge in [0.2, 0.25) is 5.91 Å². The molecule has 0 aromatic heterocycles. The topological polar surface area (TPSA) is 104 Å². The molecule has 1 atom stereocenters. The molecule has 1 aromatic carbocycles. The summed E-state index contributed by atoms with van der Waals surface area (Å²) in [7, 11) is 1.52. The molecule has 0 spiro atoms. The summed E-state index contributed by atoms with van der Waals surface area (Å²) in [5.41, 5.74) is 8.54. The van der Waals surface area contributed by atoms with Gasteiger partial charge in [-0.05, 0) is 22.6 Å². The molecule has 3 N–H and O–H groups in total. The Hall–Kier alpha value is -3.35. The van der Waals surface area contributed by atoms with Crippen LogP contribution in [0.2, 0.25) is 0 Å². The highest BCUT2D eigenvalue weighted by Crippen LogP contribution is 2.43. The first-order valence-electron chi connectivity index (χ1n) is 9.96. The molecule has 1 aliphatic heterocycles. The van der Waals surface area contributed by atoms with Gasteiger partial charge in [0.25, 0.3) is 0 Å². The average molecular weight is 409 g/mol. The SMILES string of the molecule is CC(C)CN1C=C2CC(=O)C(CC(N)=O)C=C2C(c2ccccc2)=C1N(C)C(=O)O. The van der Waals surface area contributed by atoms with Crippen LogP contribution >= 0.6 is 0 Å². The zero-order valence-electron chi connectivity index (χ0n) is 17.5. The number of nitrogens with two attached hydrogens (primary N) is 1. The summed E-state index contributed by atoms with van der Waals surface area (Å²) < 4.78 is 0. The van der Waals surface area contributed by atoms with Crippen molar-refractivity contribution in [2.24, 2.45) is 17.6 Å². The fourth-order valence-corrected chi connectivity index (χ4v) is 3.95. The van der Waals surface area contributed by atoms with Gasteiger partial charge in [0.1, 0.15) is 11.6 Å². The molecule has 3 rings (SSSR count). The number of carboxylic acid groups (broad SMARTS) is 1. The molecule has 1 heterocycles. The molecular formula is C23H27N3O4. The van der Waals surface area contributed by atoms with E-state index in [1.165, 1.54) is 11.9 Å². The largest absolute Gasteiger partial charge is 0.465 e. The fourth-order valence-electron chi connectivity index (χ4n) is 3.95. The number of Topliss-reactive ketones (excluding diaryl/α,β-unsaturated/α-hetero) is 1. The van der Waals surface area contributed by atoms with Crippen LogP contribution in [0.3, 0.4) is 0 Å². The number of carbonyl (C=O) groups excluding carboxylic acids is 2. The maximum absolute atomic E-state index is 12.6. The van der Waals surface area contributed by atoms with E-state index in [0.29, 0.717) is 12.4 Å². The van der Waals surface area contributed by atoms with Crippen LogP contribution in [0, 0.1) is 11.8 Å². The zero-order valence-corrected chi connectivity index (χ0v) is 17.5. The number of rotatable bonds is 6. The number of amides is 2. The Morgan fingerprint density at radius 2 is 1.93 bits per heavy atom. The third-order valence-corrected chi connectivity index (χ3v) is 5.22. The number of primary amides is 1. The molecule has 7 heteroatoms. The molecule has 1 aliphatic carbocycles. The van der Waals surface area contributed by atoms with Crippen molar-refractivity contribution < 1.29 is 19.5 Å². The first kappa shape index (κ1) is 21.4. The van der Waals surface area contributed by atoms with Crippen LogP contribution in [0.1, 0.15) is 32.3 Å². The Labute approximate surface area is 176 Å². The summed E-state index contributed by atoms with van der Waals surface area (Å²) in [6, 6.07) is 9.51. The highest BCUT2D eigenvalue weighted by Gasteiger charge is 2.36. The van der Waals surface area contributed by atoms with Crippen molar-refractivity contribution in [3.8, 4) is 0 Å². The van der Waals surface area contributed by atoms with Gasteiger partial charge in [-0.2, -0.15) is 0 Å². The van der Waals surface area contributed by atoms with E-state index in [1.807, 2.05) is 41.4 Å². The lowest BCUT2D eigenvalue weighted by molar-refractivity contribution is -0.126. The van der Waals surface area contributed by atoms with Gasteiger partial charge >= 0.3 is 6.09 Å². The zero-order chi connectivity index (χ0) is 22.0. The van der Waals surface area contributed by atoms with Gasteiger partial charge < -0.3 is 15.7 Å². The molecule has 0 saturated carbocycles. The van der Waals surface area contributed by atoms with Crippen molar-refractivity contribution in [2.45, 2.75) is 26.7 Å². The quantitative estimate of drug-likeness (QED) is 0.751. The molecule has 30 heavy (non-hydrogen) atoms. The number of hydrogen-bond acceptors (Lipinski definition) is 4. The molecule has 0 fully saturated rings. The first-order valence-corrected chi connectivity index (χ1v) is 9.96. The van der Waals surface area contributed by atoms with Crippen LogP contribution < -0.4 is 5.73 Å². The minimum absolute atomic E-state index is 0.0580. The van der Waals surface area contributed by atoms with Gasteiger partial charge in [-0.15, -0.1) is 0 Å². The van der Waals surface area contributed by atoms with Crippen LogP contribution in [0.15, 0.2) is 59.6 Å². The number of nitrogens with zero attached hydrogens (tertiary/aromatic N) is 2. The van der Waals surface area contributed by atoms with Crippen LogP contribution in [0.25, 0.3) is 5.57 Å². The number of fused-ring (bicyclic) bond motifs is 1. The molecule has 2 amide bonds. The summed E-state index contributed by atoms with van der Waals surface area (Å²) >= 11 is 0. The molecule has 2 aliphatic rings. The molecular weight excluding hydrogens is 382 g/mol. The molecule has 1 unspecified atom stereocenters. The van der Waals surface area contributed by atoms with E-state index < -0.39 is 17.9 Å². The molecule has 7 nitrogen and oxygen atoms in total. The maximum atomic E-state index is 12.6. The number of benzene rings is 1. The van der Waals surface area contributed by atoms with E-state index in [2.05, 4.69) is 13.8 Å². The van der Waals surface area contributed by atoms with Crippen molar-refractivity contribution in [3.05, 3.63) is 65.1 Å².